The van der Waals surface area contributed by atoms with Gasteiger partial charge < -0.3 is 15.4 Å². The number of tetrazole rings is 1. The van der Waals surface area contributed by atoms with E-state index in [0.717, 1.165) is 5.56 Å². The van der Waals surface area contributed by atoms with Crippen LogP contribution in [-0.4, -0.2) is 54.3 Å². The van der Waals surface area contributed by atoms with Crippen molar-refractivity contribution in [3.8, 4) is 5.75 Å². The third-order valence-electron chi connectivity index (χ3n) is 4.83. The molecule has 2 fully saturated rings. The van der Waals surface area contributed by atoms with Crippen LogP contribution in [0.1, 0.15) is 31.3 Å². The van der Waals surface area contributed by atoms with Gasteiger partial charge in [-0.15, -0.1) is 16.9 Å². The lowest BCUT2D eigenvalue weighted by Crippen LogP contribution is -2.65. The monoisotopic (exact) mass is 394 g/mol. The standard InChI is InChI=1S/C16H19ClN6O2S/c1-16(2)12(23-14(24)11(18)15(23)26-16)13-19-20-21-22(13)7-8-4-5-10(25-3)9(17)6-8/h4-6,11-12,15H,7,18H2,1-3H3. The van der Waals surface area contributed by atoms with Crippen molar-refractivity contribution in [2.24, 2.45) is 5.73 Å². The van der Waals surface area contributed by atoms with Gasteiger partial charge in [-0.2, -0.15) is 0 Å². The molecule has 1 aromatic carbocycles. The molecule has 2 aliphatic heterocycles. The average Bonchev–Trinajstić information content (AvgIpc) is 3.14. The Labute approximate surface area is 160 Å². The van der Waals surface area contributed by atoms with E-state index in [1.165, 1.54) is 0 Å². The molecule has 0 aliphatic carbocycles. The molecule has 2 saturated heterocycles. The summed E-state index contributed by atoms with van der Waals surface area (Å²) in [5.41, 5.74) is 6.89. The number of β-lactam (4-membered cyclic amide) rings is 1. The zero-order valence-corrected chi connectivity index (χ0v) is 16.2. The van der Waals surface area contributed by atoms with E-state index in [4.69, 9.17) is 22.1 Å². The third kappa shape index (κ3) is 2.57. The number of hydrogen-bond donors (Lipinski definition) is 1. The molecular formula is C16H19ClN6O2S. The third-order valence-corrected chi connectivity index (χ3v) is 6.72. The Hall–Kier alpha value is -1.84. The fraction of sp³-hybridized carbons (Fsp3) is 0.500. The van der Waals surface area contributed by atoms with Crippen LogP contribution in [-0.2, 0) is 11.3 Å². The summed E-state index contributed by atoms with van der Waals surface area (Å²) in [5, 5.41) is 12.7. The molecule has 2 N–H and O–H groups in total. The molecule has 2 aliphatic rings. The molecule has 3 atom stereocenters. The summed E-state index contributed by atoms with van der Waals surface area (Å²) in [7, 11) is 1.57. The first-order chi connectivity index (χ1) is 12.3. The number of benzene rings is 1. The van der Waals surface area contributed by atoms with E-state index in [0.29, 0.717) is 23.1 Å². The fourth-order valence-corrected chi connectivity index (χ4v) is 5.41. The first-order valence-electron chi connectivity index (χ1n) is 8.17. The van der Waals surface area contributed by atoms with E-state index in [-0.39, 0.29) is 22.1 Å². The maximum absolute atomic E-state index is 12.3. The summed E-state index contributed by atoms with van der Waals surface area (Å²) in [6.45, 7) is 4.62. The highest BCUT2D eigenvalue weighted by Gasteiger charge is 2.62. The van der Waals surface area contributed by atoms with Crippen LogP contribution in [0, 0.1) is 0 Å². The minimum atomic E-state index is -0.450. The number of nitrogens with zero attached hydrogens (tertiary/aromatic N) is 5. The lowest BCUT2D eigenvalue weighted by molar-refractivity contribution is -0.147. The van der Waals surface area contributed by atoms with E-state index < -0.39 is 6.04 Å². The van der Waals surface area contributed by atoms with E-state index in [1.807, 2.05) is 18.2 Å². The van der Waals surface area contributed by atoms with Gasteiger partial charge in [0.15, 0.2) is 5.82 Å². The van der Waals surface area contributed by atoms with Crippen LogP contribution in [0.4, 0.5) is 0 Å². The van der Waals surface area contributed by atoms with Gasteiger partial charge in [-0.3, -0.25) is 4.79 Å². The van der Waals surface area contributed by atoms with Crippen molar-refractivity contribution in [1.29, 1.82) is 0 Å². The van der Waals surface area contributed by atoms with E-state index in [1.54, 1.807) is 28.5 Å². The SMILES string of the molecule is COc1ccc(Cn2nnnc2C2N3C(=O)C(N)C3SC2(C)C)cc1Cl. The van der Waals surface area contributed by atoms with Crippen LogP contribution in [0.25, 0.3) is 0 Å². The number of methoxy groups -OCH3 is 1. The number of amides is 1. The molecular weight excluding hydrogens is 376 g/mol. The highest BCUT2D eigenvalue weighted by atomic mass is 35.5. The molecule has 138 valence electrons. The van der Waals surface area contributed by atoms with E-state index in [2.05, 4.69) is 29.4 Å². The molecule has 2 aromatic rings. The zero-order valence-electron chi connectivity index (χ0n) is 14.6. The van der Waals surface area contributed by atoms with Crippen molar-refractivity contribution < 1.29 is 9.53 Å². The zero-order chi connectivity index (χ0) is 18.6. The Kier molecular flexibility index (Phi) is 4.13. The molecule has 0 saturated carbocycles. The van der Waals surface area contributed by atoms with Gasteiger partial charge in [0.25, 0.3) is 0 Å². The number of nitrogens with two attached hydrogens (primary N) is 1. The molecule has 26 heavy (non-hydrogen) atoms. The van der Waals surface area contributed by atoms with Crippen molar-refractivity contribution >= 4 is 29.3 Å². The molecule has 1 amide bonds. The minimum absolute atomic E-state index is 0.0249. The molecule has 4 rings (SSSR count). The van der Waals surface area contributed by atoms with Crippen LogP contribution >= 0.6 is 23.4 Å². The number of aromatic nitrogens is 4. The Morgan fingerprint density at radius 2 is 2.19 bits per heavy atom. The lowest BCUT2D eigenvalue weighted by atomic mass is 9.95. The number of hydrogen-bond acceptors (Lipinski definition) is 7. The molecule has 0 radical (unpaired) electrons. The second-order valence-corrected chi connectivity index (χ2v) is 9.13. The molecule has 3 heterocycles. The second kappa shape index (κ2) is 6.11. The van der Waals surface area contributed by atoms with Crippen LogP contribution in [0.2, 0.25) is 5.02 Å². The highest BCUT2D eigenvalue weighted by Crippen LogP contribution is 2.56. The van der Waals surface area contributed by atoms with Crippen LogP contribution < -0.4 is 10.5 Å². The first kappa shape index (κ1) is 17.6. The van der Waals surface area contributed by atoms with Crippen LogP contribution in [0.3, 0.4) is 0 Å². The number of rotatable bonds is 4. The van der Waals surface area contributed by atoms with Gasteiger partial charge >= 0.3 is 0 Å². The van der Waals surface area contributed by atoms with Gasteiger partial charge in [0, 0.05) is 4.75 Å². The smallest absolute Gasteiger partial charge is 0.244 e. The lowest BCUT2D eigenvalue weighted by Gasteiger charge is -2.42. The molecule has 8 nitrogen and oxygen atoms in total. The topological polar surface area (TPSA) is 99.2 Å². The highest BCUT2D eigenvalue weighted by molar-refractivity contribution is 8.01. The summed E-state index contributed by atoms with van der Waals surface area (Å²) in [4.78, 5) is 14.1. The van der Waals surface area contributed by atoms with Crippen molar-refractivity contribution in [3.63, 3.8) is 0 Å². The molecule has 10 heteroatoms. The van der Waals surface area contributed by atoms with Crippen molar-refractivity contribution in [2.45, 2.75) is 42.6 Å². The van der Waals surface area contributed by atoms with Gasteiger partial charge in [0.2, 0.25) is 5.91 Å². The Morgan fingerprint density at radius 1 is 1.42 bits per heavy atom. The number of thioether (sulfide) groups is 1. The Morgan fingerprint density at radius 3 is 2.88 bits per heavy atom. The largest absolute Gasteiger partial charge is 0.495 e. The normalized spacial score (nSPS) is 26.6. The number of carbonyl (C=O) groups excluding carboxylic acids is 1. The maximum Gasteiger partial charge on any atom is 0.244 e. The number of fused-ring (bicyclic) bond motifs is 1. The van der Waals surface area contributed by atoms with E-state index in [9.17, 15) is 4.79 Å². The van der Waals surface area contributed by atoms with Gasteiger partial charge in [0.05, 0.1) is 18.7 Å². The van der Waals surface area contributed by atoms with Crippen molar-refractivity contribution in [3.05, 3.63) is 34.6 Å². The van der Waals surface area contributed by atoms with Crippen molar-refractivity contribution in [2.75, 3.05) is 7.11 Å². The van der Waals surface area contributed by atoms with E-state index >= 15 is 0 Å². The van der Waals surface area contributed by atoms with Crippen molar-refractivity contribution in [1.82, 2.24) is 25.1 Å². The average molecular weight is 395 g/mol. The molecule has 0 bridgehead atoms. The number of halogens is 1. The maximum atomic E-state index is 12.3. The summed E-state index contributed by atoms with van der Waals surface area (Å²) in [6.07, 6.45) is 0. The molecule has 0 spiro atoms. The molecule has 1 aromatic heterocycles. The summed E-state index contributed by atoms with van der Waals surface area (Å²) >= 11 is 7.90. The van der Waals surface area contributed by atoms with Crippen LogP contribution in [0.5, 0.6) is 5.75 Å². The predicted molar refractivity (Wildman–Crippen MR) is 97.9 cm³/mol. The summed E-state index contributed by atoms with van der Waals surface area (Å²) in [5.74, 6) is 1.21. The van der Waals surface area contributed by atoms with Gasteiger partial charge in [-0.05, 0) is 42.0 Å². The first-order valence-corrected chi connectivity index (χ1v) is 9.43. The van der Waals surface area contributed by atoms with Gasteiger partial charge in [-0.1, -0.05) is 17.7 Å². The summed E-state index contributed by atoms with van der Waals surface area (Å²) < 4.78 is 6.66. The Bertz CT molecular complexity index is 872. The minimum Gasteiger partial charge on any atom is -0.495 e. The van der Waals surface area contributed by atoms with Gasteiger partial charge in [0.1, 0.15) is 23.2 Å². The van der Waals surface area contributed by atoms with Gasteiger partial charge in [-0.25, -0.2) is 4.68 Å². The Balaban J connectivity index is 1.65. The second-order valence-electron chi connectivity index (χ2n) is 6.95. The number of carbonyl (C=O) groups is 1. The number of ether oxygens (including phenoxy) is 1. The quantitative estimate of drug-likeness (QED) is 0.783. The fourth-order valence-electron chi connectivity index (χ4n) is 3.56. The predicted octanol–water partition coefficient (Wildman–Crippen LogP) is 1.45. The van der Waals surface area contributed by atoms with Crippen LogP contribution in [0.15, 0.2) is 18.2 Å². The molecule has 3 unspecified atom stereocenters. The summed E-state index contributed by atoms with van der Waals surface area (Å²) in [6, 6.07) is 4.87.